The Bertz CT molecular complexity index is 740. The van der Waals surface area contributed by atoms with Crippen molar-refractivity contribution < 1.29 is 18.8 Å². The van der Waals surface area contributed by atoms with Gasteiger partial charge >= 0.3 is 12.0 Å². The molecule has 0 spiro atoms. The largest absolute Gasteiger partial charge is 0.454 e. The van der Waals surface area contributed by atoms with E-state index in [-0.39, 0.29) is 12.5 Å². The summed E-state index contributed by atoms with van der Waals surface area (Å²) in [6.07, 6.45) is 2.29. The highest BCUT2D eigenvalue weighted by Gasteiger charge is 2.22. The van der Waals surface area contributed by atoms with Gasteiger partial charge in [0.2, 0.25) is 5.82 Å². The second-order valence-electron chi connectivity index (χ2n) is 4.97. The van der Waals surface area contributed by atoms with Crippen LogP contribution in [0.3, 0.4) is 0 Å². The zero-order valence-electron chi connectivity index (χ0n) is 13.4. The van der Waals surface area contributed by atoms with E-state index in [0.29, 0.717) is 28.6 Å². The molecule has 0 aliphatic heterocycles. The van der Waals surface area contributed by atoms with Crippen LogP contribution in [-0.4, -0.2) is 40.2 Å². The molecule has 2 rings (SSSR count). The number of nitrogens with one attached hydrogen (secondary N) is 1. The first-order chi connectivity index (χ1) is 12.0. The molecule has 1 atom stereocenters. The molecule has 0 aliphatic carbocycles. The maximum Gasteiger partial charge on any atom is 0.329 e. The van der Waals surface area contributed by atoms with E-state index < -0.39 is 18.0 Å². The Hall–Kier alpha value is -2.26. The molecule has 1 aromatic carbocycles. The third-order valence-corrected chi connectivity index (χ3v) is 3.98. The van der Waals surface area contributed by atoms with Crippen molar-refractivity contribution >= 4 is 35.4 Å². The van der Waals surface area contributed by atoms with Crippen molar-refractivity contribution in [1.82, 2.24) is 15.5 Å². The number of hydrogen-bond acceptors (Lipinski definition) is 7. The van der Waals surface area contributed by atoms with Gasteiger partial charge in [0.1, 0.15) is 6.04 Å². The van der Waals surface area contributed by atoms with E-state index in [9.17, 15) is 9.59 Å². The van der Waals surface area contributed by atoms with E-state index in [0.717, 1.165) is 0 Å². The number of nitrogens with zero attached hydrogens (tertiary/aromatic N) is 2. The van der Waals surface area contributed by atoms with Gasteiger partial charge in [0.05, 0.1) is 0 Å². The fourth-order valence-electron chi connectivity index (χ4n) is 1.95. The maximum atomic E-state index is 12.1. The summed E-state index contributed by atoms with van der Waals surface area (Å²) in [6.45, 7) is -0.206. The summed E-state index contributed by atoms with van der Waals surface area (Å²) in [5, 5.41) is 6.72. The van der Waals surface area contributed by atoms with Crippen LogP contribution >= 0.6 is 23.4 Å². The fraction of sp³-hybridized carbons (Fsp3) is 0.333. The Balaban J connectivity index is 1.95. The number of thioether (sulfide) groups is 1. The molecule has 1 heterocycles. The highest BCUT2D eigenvalue weighted by atomic mass is 35.5. The zero-order valence-corrected chi connectivity index (χ0v) is 15.0. The van der Waals surface area contributed by atoms with Gasteiger partial charge in [-0.05, 0) is 30.6 Å². The van der Waals surface area contributed by atoms with Crippen molar-refractivity contribution in [1.29, 1.82) is 0 Å². The first-order valence-electron chi connectivity index (χ1n) is 7.29. The summed E-state index contributed by atoms with van der Waals surface area (Å²) in [6, 6.07) is 5.36. The molecule has 0 radical (unpaired) electrons. The van der Waals surface area contributed by atoms with Gasteiger partial charge < -0.3 is 20.3 Å². The van der Waals surface area contributed by atoms with E-state index in [1.165, 1.54) is 11.8 Å². The number of hydrogen-bond donors (Lipinski definition) is 2. The van der Waals surface area contributed by atoms with Gasteiger partial charge in [0.15, 0.2) is 6.61 Å². The second kappa shape index (κ2) is 9.28. The number of benzene rings is 1. The van der Waals surface area contributed by atoms with Crippen LogP contribution in [0.5, 0.6) is 0 Å². The Labute approximate surface area is 153 Å². The minimum atomic E-state index is -0.819. The van der Waals surface area contributed by atoms with E-state index in [1.54, 1.807) is 24.3 Å². The molecule has 3 N–H and O–H groups in total. The number of halogens is 1. The van der Waals surface area contributed by atoms with E-state index >= 15 is 0 Å². The van der Waals surface area contributed by atoms with Gasteiger partial charge in [-0.25, -0.2) is 9.59 Å². The summed E-state index contributed by atoms with van der Waals surface area (Å²) in [4.78, 5) is 27.2. The van der Waals surface area contributed by atoms with Gasteiger partial charge in [-0.1, -0.05) is 28.9 Å². The first kappa shape index (κ1) is 19.1. The average Bonchev–Trinajstić information content (AvgIpc) is 3.05. The van der Waals surface area contributed by atoms with Crippen LogP contribution in [0.15, 0.2) is 28.8 Å². The molecule has 0 bridgehead atoms. The second-order valence-corrected chi connectivity index (χ2v) is 6.39. The van der Waals surface area contributed by atoms with Gasteiger partial charge in [-0.3, -0.25) is 0 Å². The molecule has 0 fully saturated rings. The van der Waals surface area contributed by atoms with Crippen LogP contribution < -0.4 is 11.1 Å². The maximum absolute atomic E-state index is 12.1. The van der Waals surface area contributed by atoms with Crippen LogP contribution in [-0.2, 0) is 16.1 Å². The molecule has 1 aromatic heterocycles. The third kappa shape index (κ3) is 5.95. The van der Waals surface area contributed by atoms with Crippen molar-refractivity contribution in [2.24, 2.45) is 5.73 Å². The molecular formula is C15H17ClN4O4S. The minimum absolute atomic E-state index is 0.131. The molecule has 10 heteroatoms. The van der Waals surface area contributed by atoms with Crippen LogP contribution in [0.1, 0.15) is 12.3 Å². The smallest absolute Gasteiger partial charge is 0.329 e. The number of rotatable bonds is 8. The summed E-state index contributed by atoms with van der Waals surface area (Å²) < 4.78 is 10.2. The van der Waals surface area contributed by atoms with E-state index in [4.69, 9.17) is 26.6 Å². The Morgan fingerprint density at radius 1 is 1.48 bits per heavy atom. The average molecular weight is 385 g/mol. The summed E-state index contributed by atoms with van der Waals surface area (Å²) in [7, 11) is 0. The van der Waals surface area contributed by atoms with Crippen molar-refractivity contribution in [2.75, 3.05) is 12.0 Å². The Kier molecular flexibility index (Phi) is 7.08. The predicted molar refractivity (Wildman–Crippen MR) is 94.0 cm³/mol. The predicted octanol–water partition coefficient (Wildman–Crippen LogP) is 2.22. The number of carbonyl (C=O) groups excluding carboxylic acids is 2. The van der Waals surface area contributed by atoms with Crippen molar-refractivity contribution in [3.63, 3.8) is 0 Å². The topological polar surface area (TPSA) is 120 Å². The van der Waals surface area contributed by atoms with E-state index in [2.05, 4.69) is 15.5 Å². The molecule has 0 saturated carbocycles. The summed E-state index contributed by atoms with van der Waals surface area (Å²) >= 11 is 7.46. The highest BCUT2D eigenvalue weighted by Crippen LogP contribution is 2.20. The molecule has 0 saturated heterocycles. The number of amides is 2. The quantitative estimate of drug-likeness (QED) is 0.669. The van der Waals surface area contributed by atoms with Crippen molar-refractivity contribution in [2.45, 2.75) is 19.1 Å². The molecular weight excluding hydrogens is 368 g/mol. The fourth-order valence-corrected chi connectivity index (χ4v) is 2.61. The van der Waals surface area contributed by atoms with Gasteiger partial charge in [0, 0.05) is 10.6 Å². The molecule has 134 valence electrons. The summed E-state index contributed by atoms with van der Waals surface area (Å²) in [5.41, 5.74) is 5.76. The first-order valence-corrected chi connectivity index (χ1v) is 9.07. The number of carbonyl (C=O) groups is 2. The Morgan fingerprint density at radius 3 is 2.96 bits per heavy atom. The van der Waals surface area contributed by atoms with Gasteiger partial charge in [-0.2, -0.15) is 16.7 Å². The number of ether oxygens (including phenoxy) is 1. The number of urea groups is 1. The van der Waals surface area contributed by atoms with Crippen molar-refractivity contribution in [3.8, 4) is 11.4 Å². The van der Waals surface area contributed by atoms with E-state index in [1.807, 2.05) is 6.26 Å². The van der Waals surface area contributed by atoms with Crippen LogP contribution in [0, 0.1) is 0 Å². The minimum Gasteiger partial charge on any atom is -0.454 e. The summed E-state index contributed by atoms with van der Waals surface area (Å²) in [5.74, 6) is 0.517. The highest BCUT2D eigenvalue weighted by molar-refractivity contribution is 7.98. The van der Waals surface area contributed by atoms with Gasteiger partial charge in [-0.15, -0.1) is 0 Å². The monoisotopic (exact) mass is 384 g/mol. The third-order valence-electron chi connectivity index (χ3n) is 3.10. The van der Waals surface area contributed by atoms with Crippen LogP contribution in [0.25, 0.3) is 11.4 Å². The molecule has 0 aliphatic rings. The van der Waals surface area contributed by atoms with Crippen LogP contribution in [0.2, 0.25) is 5.02 Å². The van der Waals surface area contributed by atoms with Crippen LogP contribution in [0.4, 0.5) is 4.79 Å². The molecule has 8 nitrogen and oxygen atoms in total. The molecule has 2 aromatic rings. The standard InChI is InChI=1S/C15H17ClN4O4S/c1-25-6-5-11(18-15(17)22)14(21)23-8-12-19-13(20-24-12)9-3-2-4-10(16)7-9/h2-4,7,11H,5-6,8H2,1H3,(H3,17,18,22)/t11-/m1/s1. The number of aromatic nitrogens is 2. The molecule has 2 amide bonds. The molecule has 0 unspecified atom stereocenters. The van der Waals surface area contributed by atoms with Gasteiger partial charge in [0.25, 0.3) is 5.89 Å². The lowest BCUT2D eigenvalue weighted by molar-refractivity contribution is -0.148. The number of nitrogens with two attached hydrogens (primary N) is 1. The number of primary amides is 1. The zero-order chi connectivity index (χ0) is 18.2. The number of esters is 1. The van der Waals surface area contributed by atoms with Crippen molar-refractivity contribution in [3.05, 3.63) is 35.2 Å². The lowest BCUT2D eigenvalue weighted by Gasteiger charge is -2.15. The normalized spacial score (nSPS) is 11.8. The lowest BCUT2D eigenvalue weighted by Crippen LogP contribution is -2.44. The lowest BCUT2D eigenvalue weighted by atomic mass is 10.2. The SMILES string of the molecule is CSCC[C@@H](NC(N)=O)C(=O)OCc1nc(-c2cccc(Cl)c2)no1. The Morgan fingerprint density at radius 2 is 2.28 bits per heavy atom. The molecule has 25 heavy (non-hydrogen) atoms.